The van der Waals surface area contributed by atoms with E-state index < -0.39 is 5.97 Å². The van der Waals surface area contributed by atoms with E-state index in [1.54, 1.807) is 34.2 Å². The average molecular weight is 301 g/mol. The van der Waals surface area contributed by atoms with Gasteiger partial charge in [-0.1, -0.05) is 5.21 Å². The maximum absolute atomic E-state index is 11.1. The van der Waals surface area contributed by atoms with Crippen molar-refractivity contribution in [2.45, 2.75) is 26.8 Å². The molecule has 0 spiro atoms. The Bertz CT molecular complexity index is 835. The number of carboxylic acids is 1. The number of thiophene rings is 1. The molecular weight excluding hydrogens is 286 g/mol. The molecule has 2 aromatic heterocycles. The molecule has 6 heteroatoms. The fraction of sp³-hybridized carbons (Fsp3) is 0.267. The molecule has 1 aromatic carbocycles. The zero-order valence-corrected chi connectivity index (χ0v) is 12.8. The Morgan fingerprint density at radius 1 is 1.33 bits per heavy atom. The number of aromatic nitrogens is 3. The molecule has 0 radical (unpaired) electrons. The van der Waals surface area contributed by atoms with Crippen molar-refractivity contribution in [1.82, 2.24) is 15.0 Å². The van der Waals surface area contributed by atoms with Crippen LogP contribution in [0.15, 0.2) is 24.3 Å². The van der Waals surface area contributed by atoms with Gasteiger partial charge in [0.25, 0.3) is 0 Å². The number of hydrogen-bond acceptors (Lipinski definition) is 4. The smallest absolute Gasteiger partial charge is 0.335 e. The summed E-state index contributed by atoms with van der Waals surface area (Å²) >= 11 is 1.75. The summed E-state index contributed by atoms with van der Waals surface area (Å²) in [5.41, 5.74) is 2.89. The van der Waals surface area contributed by atoms with Crippen LogP contribution in [-0.2, 0) is 0 Å². The fourth-order valence-electron chi connectivity index (χ4n) is 2.55. The molecule has 1 atom stereocenters. The monoisotopic (exact) mass is 301 g/mol. The van der Waals surface area contributed by atoms with E-state index in [-0.39, 0.29) is 11.6 Å². The Kier molecular flexibility index (Phi) is 3.25. The number of rotatable bonds is 3. The third-order valence-electron chi connectivity index (χ3n) is 3.61. The van der Waals surface area contributed by atoms with Crippen molar-refractivity contribution in [1.29, 1.82) is 0 Å². The van der Waals surface area contributed by atoms with E-state index in [4.69, 9.17) is 5.11 Å². The summed E-state index contributed by atoms with van der Waals surface area (Å²) < 4.78 is 1.79. The quantitative estimate of drug-likeness (QED) is 0.805. The average Bonchev–Trinajstić information content (AvgIpc) is 3.00. The highest BCUT2D eigenvalue weighted by atomic mass is 32.1. The number of hydrogen-bond donors (Lipinski definition) is 1. The molecule has 3 rings (SSSR count). The lowest BCUT2D eigenvalue weighted by atomic mass is 10.1. The Balaban J connectivity index is 2.13. The number of nitrogens with zero attached hydrogens (tertiary/aromatic N) is 3. The second-order valence-electron chi connectivity index (χ2n) is 5.09. The zero-order valence-electron chi connectivity index (χ0n) is 12.0. The molecule has 0 bridgehead atoms. The SMILES string of the molecule is Cc1cc(C(C)n2nnc3ccc(C(=O)O)cc32)c(C)s1. The van der Waals surface area contributed by atoms with Crippen molar-refractivity contribution >= 4 is 28.3 Å². The molecule has 3 aromatic rings. The van der Waals surface area contributed by atoms with Gasteiger partial charge in [0.15, 0.2) is 0 Å². The molecule has 0 fully saturated rings. The molecule has 0 aliphatic heterocycles. The van der Waals surface area contributed by atoms with Gasteiger partial charge < -0.3 is 5.11 Å². The van der Waals surface area contributed by atoms with Crippen molar-refractivity contribution in [3.63, 3.8) is 0 Å². The van der Waals surface area contributed by atoms with Gasteiger partial charge in [0.2, 0.25) is 0 Å². The Morgan fingerprint density at radius 2 is 2.10 bits per heavy atom. The lowest BCUT2D eigenvalue weighted by Crippen LogP contribution is -2.09. The van der Waals surface area contributed by atoms with Crippen molar-refractivity contribution in [2.24, 2.45) is 0 Å². The Hall–Kier alpha value is -2.21. The van der Waals surface area contributed by atoms with Crippen molar-refractivity contribution in [3.05, 3.63) is 45.1 Å². The predicted molar refractivity (Wildman–Crippen MR) is 82.1 cm³/mol. The van der Waals surface area contributed by atoms with Crippen LogP contribution in [0.4, 0.5) is 0 Å². The molecule has 2 heterocycles. The lowest BCUT2D eigenvalue weighted by molar-refractivity contribution is 0.0697. The van der Waals surface area contributed by atoms with Gasteiger partial charge in [0.05, 0.1) is 17.1 Å². The third kappa shape index (κ3) is 2.31. The minimum Gasteiger partial charge on any atom is -0.478 e. The van der Waals surface area contributed by atoms with Crippen molar-refractivity contribution in [3.8, 4) is 0 Å². The molecule has 0 saturated heterocycles. The van der Waals surface area contributed by atoms with E-state index in [9.17, 15) is 4.79 Å². The topological polar surface area (TPSA) is 68.0 Å². The van der Waals surface area contributed by atoms with Crippen LogP contribution >= 0.6 is 11.3 Å². The number of aromatic carboxylic acids is 1. The van der Waals surface area contributed by atoms with Gasteiger partial charge in [-0.15, -0.1) is 16.4 Å². The molecular formula is C15H15N3O2S. The highest BCUT2D eigenvalue weighted by Gasteiger charge is 2.18. The van der Waals surface area contributed by atoms with Gasteiger partial charge in [-0.2, -0.15) is 0 Å². The second kappa shape index (κ2) is 4.96. The normalized spacial score (nSPS) is 12.7. The third-order valence-corrected chi connectivity index (χ3v) is 4.60. The zero-order chi connectivity index (χ0) is 15.1. The van der Waals surface area contributed by atoms with Crippen LogP contribution in [0.1, 0.15) is 38.6 Å². The molecule has 5 nitrogen and oxygen atoms in total. The first kappa shape index (κ1) is 13.8. The predicted octanol–water partition coefficient (Wildman–Crippen LogP) is 3.42. The van der Waals surface area contributed by atoms with E-state index in [0.29, 0.717) is 5.52 Å². The first-order chi connectivity index (χ1) is 9.97. The molecule has 1 unspecified atom stereocenters. The first-order valence-corrected chi connectivity index (χ1v) is 7.44. The molecule has 0 aliphatic rings. The Morgan fingerprint density at radius 3 is 2.71 bits per heavy atom. The van der Waals surface area contributed by atoms with Gasteiger partial charge in [0, 0.05) is 9.75 Å². The first-order valence-electron chi connectivity index (χ1n) is 6.62. The molecule has 108 valence electrons. The van der Waals surface area contributed by atoms with Crippen LogP contribution in [-0.4, -0.2) is 26.1 Å². The summed E-state index contributed by atoms with van der Waals surface area (Å²) in [6.07, 6.45) is 0. The molecule has 0 aliphatic carbocycles. The molecule has 0 saturated carbocycles. The summed E-state index contributed by atoms with van der Waals surface area (Å²) in [5, 5.41) is 17.5. The van der Waals surface area contributed by atoms with E-state index in [1.807, 2.05) is 0 Å². The summed E-state index contributed by atoms with van der Waals surface area (Å²) in [6, 6.07) is 7.04. The Labute approximate surface area is 125 Å². The van der Waals surface area contributed by atoms with Crippen LogP contribution in [0.5, 0.6) is 0 Å². The van der Waals surface area contributed by atoms with E-state index in [1.165, 1.54) is 15.3 Å². The van der Waals surface area contributed by atoms with Gasteiger partial charge in [-0.05, 0) is 50.6 Å². The van der Waals surface area contributed by atoms with Crippen LogP contribution in [0.25, 0.3) is 11.0 Å². The fourth-order valence-corrected chi connectivity index (χ4v) is 3.57. The van der Waals surface area contributed by atoms with Gasteiger partial charge in [-0.25, -0.2) is 9.48 Å². The van der Waals surface area contributed by atoms with Crippen LogP contribution in [0, 0.1) is 13.8 Å². The maximum Gasteiger partial charge on any atom is 0.335 e. The van der Waals surface area contributed by atoms with Crippen molar-refractivity contribution < 1.29 is 9.90 Å². The highest BCUT2D eigenvalue weighted by Crippen LogP contribution is 2.30. The second-order valence-corrected chi connectivity index (χ2v) is 6.55. The molecule has 0 amide bonds. The van der Waals surface area contributed by atoms with Gasteiger partial charge in [0.1, 0.15) is 5.52 Å². The minimum atomic E-state index is -0.945. The van der Waals surface area contributed by atoms with E-state index in [2.05, 4.69) is 37.1 Å². The van der Waals surface area contributed by atoms with E-state index >= 15 is 0 Å². The van der Waals surface area contributed by atoms with Crippen LogP contribution in [0.3, 0.4) is 0 Å². The number of carbonyl (C=O) groups is 1. The number of carboxylic acid groups (broad SMARTS) is 1. The van der Waals surface area contributed by atoms with Gasteiger partial charge >= 0.3 is 5.97 Å². The summed E-state index contributed by atoms with van der Waals surface area (Å²) in [4.78, 5) is 13.6. The van der Waals surface area contributed by atoms with Crippen molar-refractivity contribution in [2.75, 3.05) is 0 Å². The van der Waals surface area contributed by atoms with Crippen LogP contribution < -0.4 is 0 Å². The minimum absolute atomic E-state index is 0.0176. The number of fused-ring (bicyclic) bond motifs is 1. The lowest BCUT2D eigenvalue weighted by Gasteiger charge is -2.12. The van der Waals surface area contributed by atoms with E-state index in [0.717, 1.165) is 5.52 Å². The number of benzene rings is 1. The summed E-state index contributed by atoms with van der Waals surface area (Å²) in [6.45, 7) is 6.22. The standard InChI is InChI=1S/C15H15N3O2S/c1-8-6-12(10(3)21-8)9(2)18-14-7-11(15(19)20)4-5-13(14)16-17-18/h4-7,9H,1-3H3,(H,19,20). The largest absolute Gasteiger partial charge is 0.478 e. The summed E-state index contributed by atoms with van der Waals surface area (Å²) in [5.74, 6) is -0.945. The maximum atomic E-state index is 11.1. The van der Waals surface area contributed by atoms with Gasteiger partial charge in [-0.3, -0.25) is 0 Å². The summed E-state index contributed by atoms with van der Waals surface area (Å²) in [7, 11) is 0. The molecule has 1 N–H and O–H groups in total. The number of aryl methyl sites for hydroxylation is 2. The molecule has 21 heavy (non-hydrogen) atoms. The highest BCUT2D eigenvalue weighted by molar-refractivity contribution is 7.12. The van der Waals surface area contributed by atoms with Crippen LogP contribution in [0.2, 0.25) is 0 Å².